The van der Waals surface area contributed by atoms with Crippen molar-refractivity contribution >= 4 is 29.2 Å². The number of carboxylic acids is 1. The van der Waals surface area contributed by atoms with E-state index in [2.05, 4.69) is 5.32 Å². The average molecular weight is 396 g/mol. The molecule has 0 heterocycles. The van der Waals surface area contributed by atoms with E-state index in [4.69, 9.17) is 21.4 Å². The molecule has 0 saturated heterocycles. The Balaban J connectivity index is 1.73. The molecule has 1 amide bonds. The smallest absolute Gasteiger partial charge is 0.307 e. The molecule has 0 atom stereocenters. The maximum absolute atomic E-state index is 12.7. The lowest BCUT2D eigenvalue weighted by Crippen LogP contribution is -2.14. The standard InChI is InChI=1S/C22H18ClNO4/c23-18-12-16(13-21(25)26)10-11-19(18)24-22(27)17-8-4-5-9-20(17)28-14-15-6-2-1-3-7-15/h1-12H,13-14H2,(H,24,27)(H,25,26). The van der Waals surface area contributed by atoms with Gasteiger partial charge in [0.25, 0.3) is 5.91 Å². The number of carboxylic acid groups (broad SMARTS) is 1. The van der Waals surface area contributed by atoms with E-state index in [1.807, 2.05) is 30.3 Å². The van der Waals surface area contributed by atoms with Crippen LogP contribution in [0, 0.1) is 0 Å². The van der Waals surface area contributed by atoms with Crippen molar-refractivity contribution in [2.45, 2.75) is 13.0 Å². The predicted molar refractivity (Wildman–Crippen MR) is 108 cm³/mol. The second kappa shape index (κ2) is 9.06. The predicted octanol–water partition coefficient (Wildman–Crippen LogP) is 4.80. The van der Waals surface area contributed by atoms with Crippen LogP contribution in [0.1, 0.15) is 21.5 Å². The minimum atomic E-state index is -0.947. The van der Waals surface area contributed by atoms with E-state index in [0.717, 1.165) is 5.56 Å². The zero-order valence-electron chi connectivity index (χ0n) is 14.9. The second-order valence-electron chi connectivity index (χ2n) is 6.11. The quantitative estimate of drug-likeness (QED) is 0.602. The maximum Gasteiger partial charge on any atom is 0.307 e. The van der Waals surface area contributed by atoms with E-state index in [9.17, 15) is 9.59 Å². The van der Waals surface area contributed by atoms with Gasteiger partial charge in [-0.1, -0.05) is 60.1 Å². The van der Waals surface area contributed by atoms with Crippen molar-refractivity contribution in [3.8, 4) is 5.75 Å². The molecule has 5 nitrogen and oxygen atoms in total. The number of aliphatic carboxylic acids is 1. The molecule has 0 saturated carbocycles. The van der Waals surface area contributed by atoms with Gasteiger partial charge < -0.3 is 15.2 Å². The first-order chi connectivity index (χ1) is 13.5. The fourth-order valence-electron chi connectivity index (χ4n) is 2.65. The number of hydrogen-bond donors (Lipinski definition) is 2. The molecular weight excluding hydrogens is 378 g/mol. The van der Waals surface area contributed by atoms with Crippen molar-refractivity contribution in [3.05, 3.63) is 94.5 Å². The molecular formula is C22H18ClNO4. The first-order valence-corrected chi connectivity index (χ1v) is 8.98. The van der Waals surface area contributed by atoms with Crippen LogP contribution in [0.15, 0.2) is 72.8 Å². The minimum Gasteiger partial charge on any atom is -0.488 e. The summed E-state index contributed by atoms with van der Waals surface area (Å²) in [4.78, 5) is 23.5. The molecule has 0 spiro atoms. The van der Waals surface area contributed by atoms with Crippen LogP contribution in [-0.4, -0.2) is 17.0 Å². The van der Waals surface area contributed by atoms with Crippen molar-refractivity contribution in [2.75, 3.05) is 5.32 Å². The van der Waals surface area contributed by atoms with Crippen LogP contribution in [0.5, 0.6) is 5.75 Å². The van der Waals surface area contributed by atoms with E-state index >= 15 is 0 Å². The van der Waals surface area contributed by atoms with Crippen molar-refractivity contribution in [1.29, 1.82) is 0 Å². The lowest BCUT2D eigenvalue weighted by atomic mass is 10.1. The highest BCUT2D eigenvalue weighted by Gasteiger charge is 2.14. The van der Waals surface area contributed by atoms with Gasteiger partial charge in [0.05, 0.1) is 22.7 Å². The third kappa shape index (κ3) is 5.11. The molecule has 2 N–H and O–H groups in total. The molecule has 0 radical (unpaired) electrons. The summed E-state index contributed by atoms with van der Waals surface area (Å²) >= 11 is 6.19. The molecule has 0 bridgehead atoms. The zero-order chi connectivity index (χ0) is 19.9. The first-order valence-electron chi connectivity index (χ1n) is 8.60. The Bertz CT molecular complexity index is 989. The van der Waals surface area contributed by atoms with Crippen LogP contribution < -0.4 is 10.1 Å². The number of hydrogen-bond acceptors (Lipinski definition) is 3. The summed E-state index contributed by atoms with van der Waals surface area (Å²) in [7, 11) is 0. The summed E-state index contributed by atoms with van der Waals surface area (Å²) in [5, 5.41) is 11.9. The Morgan fingerprint density at radius 3 is 2.36 bits per heavy atom. The number of para-hydroxylation sites is 1. The molecule has 142 valence electrons. The normalized spacial score (nSPS) is 10.3. The van der Waals surface area contributed by atoms with Gasteiger partial charge in [-0.3, -0.25) is 9.59 Å². The van der Waals surface area contributed by atoms with Crippen LogP contribution in [0.4, 0.5) is 5.69 Å². The van der Waals surface area contributed by atoms with Crippen LogP contribution in [0.3, 0.4) is 0 Å². The summed E-state index contributed by atoms with van der Waals surface area (Å²) < 4.78 is 5.82. The Hall–Kier alpha value is -3.31. The largest absolute Gasteiger partial charge is 0.488 e. The molecule has 0 unspecified atom stereocenters. The molecule has 0 fully saturated rings. The molecule has 0 aliphatic rings. The highest BCUT2D eigenvalue weighted by molar-refractivity contribution is 6.34. The van der Waals surface area contributed by atoms with E-state index in [1.165, 1.54) is 6.07 Å². The Morgan fingerprint density at radius 1 is 0.929 bits per heavy atom. The Kier molecular flexibility index (Phi) is 6.29. The van der Waals surface area contributed by atoms with E-state index in [0.29, 0.717) is 29.2 Å². The lowest BCUT2D eigenvalue weighted by molar-refractivity contribution is -0.136. The molecule has 0 aliphatic carbocycles. The van der Waals surface area contributed by atoms with Crippen LogP contribution in [0.2, 0.25) is 5.02 Å². The van der Waals surface area contributed by atoms with Crippen LogP contribution >= 0.6 is 11.6 Å². The number of benzene rings is 3. The fourth-order valence-corrected chi connectivity index (χ4v) is 2.90. The molecule has 28 heavy (non-hydrogen) atoms. The fraction of sp³-hybridized carbons (Fsp3) is 0.0909. The number of amides is 1. The van der Waals surface area contributed by atoms with Gasteiger partial charge in [0.2, 0.25) is 0 Å². The molecule has 3 aromatic carbocycles. The second-order valence-corrected chi connectivity index (χ2v) is 6.52. The third-order valence-corrected chi connectivity index (χ3v) is 4.32. The van der Waals surface area contributed by atoms with Crippen molar-refractivity contribution in [3.63, 3.8) is 0 Å². The minimum absolute atomic E-state index is 0.135. The molecule has 0 aliphatic heterocycles. The third-order valence-electron chi connectivity index (χ3n) is 4.01. The maximum atomic E-state index is 12.7. The van der Waals surface area contributed by atoms with E-state index in [-0.39, 0.29) is 17.4 Å². The molecule has 0 aromatic heterocycles. The number of halogens is 1. The summed E-state index contributed by atoms with van der Waals surface area (Å²) in [5.74, 6) is -0.851. The Labute approximate surface area is 167 Å². The van der Waals surface area contributed by atoms with Crippen molar-refractivity contribution < 1.29 is 19.4 Å². The van der Waals surface area contributed by atoms with E-state index in [1.54, 1.807) is 36.4 Å². The van der Waals surface area contributed by atoms with Gasteiger partial charge in [0.1, 0.15) is 12.4 Å². The summed E-state index contributed by atoms with van der Waals surface area (Å²) in [6.07, 6.45) is -0.135. The monoisotopic (exact) mass is 395 g/mol. The number of carbonyl (C=O) groups excluding carboxylic acids is 1. The highest BCUT2D eigenvalue weighted by Crippen LogP contribution is 2.26. The first kappa shape index (κ1) is 19.5. The van der Waals surface area contributed by atoms with Gasteiger partial charge in [-0.25, -0.2) is 0 Å². The zero-order valence-corrected chi connectivity index (χ0v) is 15.6. The van der Waals surface area contributed by atoms with Crippen LogP contribution in [0.25, 0.3) is 0 Å². The van der Waals surface area contributed by atoms with Gasteiger partial charge in [0, 0.05) is 0 Å². The number of nitrogens with one attached hydrogen (secondary N) is 1. The summed E-state index contributed by atoms with van der Waals surface area (Å²) in [6.45, 7) is 0.343. The Morgan fingerprint density at radius 2 is 1.64 bits per heavy atom. The van der Waals surface area contributed by atoms with Crippen molar-refractivity contribution in [2.24, 2.45) is 0 Å². The van der Waals surface area contributed by atoms with E-state index < -0.39 is 5.97 Å². The van der Waals surface area contributed by atoms with Gasteiger partial charge in [-0.2, -0.15) is 0 Å². The van der Waals surface area contributed by atoms with Crippen molar-refractivity contribution in [1.82, 2.24) is 0 Å². The summed E-state index contributed by atoms with van der Waals surface area (Å²) in [6, 6.07) is 21.4. The lowest BCUT2D eigenvalue weighted by Gasteiger charge is -2.13. The number of carbonyl (C=O) groups is 2. The number of rotatable bonds is 7. The SMILES string of the molecule is O=C(O)Cc1ccc(NC(=O)c2ccccc2OCc2ccccc2)c(Cl)c1. The topological polar surface area (TPSA) is 75.6 Å². The average Bonchev–Trinajstić information content (AvgIpc) is 2.69. The number of ether oxygens (including phenoxy) is 1. The summed E-state index contributed by atoms with van der Waals surface area (Å²) in [5.41, 5.74) is 2.33. The number of anilines is 1. The molecule has 3 rings (SSSR count). The van der Waals surface area contributed by atoms with Gasteiger partial charge >= 0.3 is 5.97 Å². The van der Waals surface area contributed by atoms with Crippen LogP contribution in [-0.2, 0) is 17.8 Å². The highest BCUT2D eigenvalue weighted by atomic mass is 35.5. The molecule has 3 aromatic rings. The van der Waals surface area contributed by atoms with Gasteiger partial charge in [-0.15, -0.1) is 0 Å². The molecule has 6 heteroatoms. The van der Waals surface area contributed by atoms with Gasteiger partial charge in [0.15, 0.2) is 0 Å². The van der Waals surface area contributed by atoms with Gasteiger partial charge in [-0.05, 0) is 35.4 Å².